The summed E-state index contributed by atoms with van der Waals surface area (Å²) in [5.41, 5.74) is 0. The number of allylic oxidation sites excluding steroid dienone is 6. The Morgan fingerprint density at radius 2 is 0.474 bits per heavy atom. The Labute approximate surface area is 474 Å². The third-order valence-corrected chi connectivity index (χ3v) is 15.4. The molecule has 0 aromatic rings. The van der Waals surface area contributed by atoms with Crippen LogP contribution in [0.2, 0.25) is 0 Å². The molecule has 0 aromatic heterocycles. The van der Waals surface area contributed by atoms with Gasteiger partial charge in [-0.2, -0.15) is 0 Å². The zero-order valence-corrected chi connectivity index (χ0v) is 51.3. The maximum absolute atomic E-state index is 12.9. The molecule has 1 atom stereocenters. The summed E-state index contributed by atoms with van der Waals surface area (Å²) in [6.45, 7) is 6.66. The molecule has 0 aliphatic heterocycles. The fraction of sp³-hybridized carbons (Fsp3) is 0.871. The number of ether oxygens (including phenoxy) is 3. The van der Waals surface area contributed by atoms with E-state index < -0.39 is 6.10 Å². The lowest BCUT2D eigenvalue weighted by molar-refractivity contribution is -0.167. The van der Waals surface area contributed by atoms with E-state index in [4.69, 9.17) is 14.2 Å². The summed E-state index contributed by atoms with van der Waals surface area (Å²) in [5, 5.41) is 0. The van der Waals surface area contributed by atoms with E-state index in [9.17, 15) is 14.4 Å². The van der Waals surface area contributed by atoms with Crippen molar-refractivity contribution in [2.45, 2.75) is 380 Å². The van der Waals surface area contributed by atoms with Gasteiger partial charge in [0.2, 0.25) is 0 Å². The van der Waals surface area contributed by atoms with Crippen molar-refractivity contribution < 1.29 is 28.6 Å². The smallest absolute Gasteiger partial charge is 0.306 e. The van der Waals surface area contributed by atoms with Gasteiger partial charge in [0, 0.05) is 19.3 Å². The van der Waals surface area contributed by atoms with Gasteiger partial charge in [-0.1, -0.05) is 314 Å². The fourth-order valence-electron chi connectivity index (χ4n) is 10.2. The first-order valence-electron chi connectivity index (χ1n) is 34.0. The number of carbonyl (C=O) groups is 3. The number of esters is 3. The van der Waals surface area contributed by atoms with Crippen molar-refractivity contribution in [3.05, 3.63) is 36.5 Å². The van der Waals surface area contributed by atoms with E-state index in [0.29, 0.717) is 19.3 Å². The van der Waals surface area contributed by atoms with Crippen LogP contribution in [0.4, 0.5) is 0 Å². The zero-order chi connectivity index (χ0) is 55.0. The van der Waals surface area contributed by atoms with Crippen molar-refractivity contribution in [1.82, 2.24) is 0 Å². The lowest BCUT2D eigenvalue weighted by atomic mass is 10.0. The highest BCUT2D eigenvalue weighted by Gasteiger charge is 2.19. The minimum atomic E-state index is -0.771. The van der Waals surface area contributed by atoms with Crippen LogP contribution in [0.3, 0.4) is 0 Å². The molecular weight excluding hydrogens is 937 g/mol. The Kier molecular flexibility index (Phi) is 63.1. The Bertz CT molecular complexity index is 1270. The molecule has 0 spiro atoms. The van der Waals surface area contributed by atoms with Crippen LogP contribution < -0.4 is 0 Å². The van der Waals surface area contributed by atoms with Gasteiger partial charge >= 0.3 is 17.9 Å². The summed E-state index contributed by atoms with van der Waals surface area (Å²) < 4.78 is 16.9. The van der Waals surface area contributed by atoms with Gasteiger partial charge < -0.3 is 14.2 Å². The molecule has 0 saturated carbocycles. The van der Waals surface area contributed by atoms with E-state index in [1.165, 1.54) is 263 Å². The van der Waals surface area contributed by atoms with Gasteiger partial charge in [0.1, 0.15) is 13.2 Å². The summed E-state index contributed by atoms with van der Waals surface area (Å²) in [7, 11) is 0. The largest absolute Gasteiger partial charge is 0.462 e. The highest BCUT2D eigenvalue weighted by atomic mass is 16.6. The summed E-state index contributed by atoms with van der Waals surface area (Å²) in [5.74, 6) is -0.855. The van der Waals surface area contributed by atoms with Crippen LogP contribution in [0.25, 0.3) is 0 Å². The Hall–Kier alpha value is -2.37. The molecule has 0 amide bonds. The summed E-state index contributed by atoms with van der Waals surface area (Å²) in [4.78, 5) is 38.2. The lowest BCUT2D eigenvalue weighted by Gasteiger charge is -2.18. The first-order valence-corrected chi connectivity index (χ1v) is 34.0. The second kappa shape index (κ2) is 65.2. The maximum atomic E-state index is 12.9. The van der Waals surface area contributed by atoms with Gasteiger partial charge in [-0.3, -0.25) is 14.4 Å². The lowest BCUT2D eigenvalue weighted by Crippen LogP contribution is -2.30. The van der Waals surface area contributed by atoms with Crippen LogP contribution in [0.1, 0.15) is 374 Å². The van der Waals surface area contributed by atoms with Crippen LogP contribution >= 0.6 is 0 Å². The number of hydrogen-bond donors (Lipinski definition) is 0. The molecule has 0 rings (SSSR count). The van der Waals surface area contributed by atoms with Crippen molar-refractivity contribution in [3.63, 3.8) is 0 Å². The number of carbonyl (C=O) groups excluding carboxylic acids is 3. The molecule has 6 heteroatoms. The molecule has 0 aromatic carbocycles. The summed E-state index contributed by atoms with van der Waals surface area (Å²) >= 11 is 0. The molecule has 6 nitrogen and oxygen atoms in total. The molecule has 1 unspecified atom stereocenters. The molecule has 0 fully saturated rings. The first-order chi connectivity index (χ1) is 37.5. The van der Waals surface area contributed by atoms with Gasteiger partial charge in [-0.15, -0.1) is 0 Å². The minimum Gasteiger partial charge on any atom is -0.462 e. The zero-order valence-electron chi connectivity index (χ0n) is 51.3. The predicted octanol–water partition coefficient (Wildman–Crippen LogP) is 23.2. The van der Waals surface area contributed by atoms with Crippen molar-refractivity contribution >= 4 is 17.9 Å². The average Bonchev–Trinajstić information content (AvgIpc) is 3.42. The molecule has 76 heavy (non-hydrogen) atoms. The fourth-order valence-corrected chi connectivity index (χ4v) is 10.2. The van der Waals surface area contributed by atoms with Gasteiger partial charge in [-0.25, -0.2) is 0 Å². The van der Waals surface area contributed by atoms with Crippen molar-refractivity contribution in [2.24, 2.45) is 0 Å². The van der Waals surface area contributed by atoms with E-state index in [1.807, 2.05) is 0 Å². The highest BCUT2D eigenvalue weighted by molar-refractivity contribution is 5.71. The van der Waals surface area contributed by atoms with Crippen molar-refractivity contribution in [2.75, 3.05) is 13.2 Å². The van der Waals surface area contributed by atoms with E-state index >= 15 is 0 Å². The third-order valence-electron chi connectivity index (χ3n) is 15.4. The number of rotatable bonds is 63. The second-order valence-corrected chi connectivity index (χ2v) is 23.1. The van der Waals surface area contributed by atoms with Crippen LogP contribution in [-0.2, 0) is 28.6 Å². The Morgan fingerprint density at radius 1 is 0.263 bits per heavy atom. The molecule has 0 aliphatic rings. The first kappa shape index (κ1) is 73.6. The van der Waals surface area contributed by atoms with Gasteiger partial charge in [0.15, 0.2) is 6.10 Å². The quantitative estimate of drug-likeness (QED) is 0.0261. The molecule has 0 radical (unpaired) electrons. The Balaban J connectivity index is 4.04. The number of hydrogen-bond acceptors (Lipinski definition) is 6. The number of unbranched alkanes of at least 4 members (excludes halogenated alkanes) is 46. The monoisotopic (exact) mass is 1070 g/mol. The molecule has 0 saturated heterocycles. The molecule has 0 heterocycles. The van der Waals surface area contributed by atoms with Crippen LogP contribution in [0.5, 0.6) is 0 Å². The van der Waals surface area contributed by atoms with Gasteiger partial charge in [0.05, 0.1) is 0 Å². The van der Waals surface area contributed by atoms with Crippen molar-refractivity contribution in [3.8, 4) is 0 Å². The SMILES string of the molecule is CCCCCCC/C=C\C/C=C\CCCCCCCCCCCCCCCCCCCCCCCC(=O)OCC(COC(=O)CCCCCCCCCCCCC)OC(=O)CCCCCCC/C=C\CCCCCCC. The predicted molar refractivity (Wildman–Crippen MR) is 330 cm³/mol. The van der Waals surface area contributed by atoms with E-state index in [1.54, 1.807) is 0 Å². The van der Waals surface area contributed by atoms with Gasteiger partial charge in [0.25, 0.3) is 0 Å². The van der Waals surface area contributed by atoms with Crippen LogP contribution in [0, 0.1) is 0 Å². The Morgan fingerprint density at radius 3 is 0.737 bits per heavy atom. The van der Waals surface area contributed by atoms with E-state index in [2.05, 4.69) is 57.2 Å². The highest BCUT2D eigenvalue weighted by Crippen LogP contribution is 2.18. The molecule has 0 aliphatic carbocycles. The van der Waals surface area contributed by atoms with Crippen LogP contribution in [0.15, 0.2) is 36.5 Å². The molecular formula is C70H130O6. The van der Waals surface area contributed by atoms with Gasteiger partial charge in [-0.05, 0) is 77.0 Å². The molecule has 0 bridgehead atoms. The second-order valence-electron chi connectivity index (χ2n) is 23.1. The van der Waals surface area contributed by atoms with E-state index in [0.717, 1.165) is 70.6 Å². The summed E-state index contributed by atoms with van der Waals surface area (Å²) in [6.07, 6.45) is 80.4. The molecule has 0 N–H and O–H groups in total. The average molecular weight is 1070 g/mol. The van der Waals surface area contributed by atoms with Crippen LogP contribution in [-0.4, -0.2) is 37.2 Å². The topological polar surface area (TPSA) is 78.9 Å². The normalized spacial score (nSPS) is 12.2. The summed E-state index contributed by atoms with van der Waals surface area (Å²) in [6, 6.07) is 0. The van der Waals surface area contributed by atoms with Crippen molar-refractivity contribution in [1.29, 1.82) is 0 Å². The maximum Gasteiger partial charge on any atom is 0.306 e. The third kappa shape index (κ3) is 62.5. The molecule has 446 valence electrons. The standard InChI is InChI=1S/C70H130O6/c1-4-7-10-13-16-19-22-24-26-27-28-29-30-31-32-33-34-35-36-37-38-39-40-41-42-43-44-46-48-51-54-57-60-63-69(72)75-66-67(65-74-68(71)62-59-56-53-50-47-21-18-15-12-9-6-3)76-70(73)64-61-58-55-52-49-45-25-23-20-17-14-11-8-5-2/h22-25,27-28,67H,4-21,26,29-66H2,1-3H3/b24-22-,25-23-,28-27-. The van der Waals surface area contributed by atoms with E-state index in [-0.39, 0.29) is 31.1 Å². The minimum absolute atomic E-state index is 0.0697.